The fraction of sp³-hybridized carbons (Fsp3) is 0.438. The molecule has 23 heavy (non-hydrogen) atoms. The Balaban J connectivity index is 1.72. The lowest BCUT2D eigenvalue weighted by Crippen LogP contribution is -2.08. The third-order valence-electron chi connectivity index (χ3n) is 3.75. The van der Waals surface area contributed by atoms with E-state index in [-0.39, 0.29) is 17.3 Å². The number of hydrogen-bond acceptors (Lipinski definition) is 7. The monoisotopic (exact) mass is 349 g/mol. The summed E-state index contributed by atoms with van der Waals surface area (Å²) in [6.45, 7) is 6.12. The van der Waals surface area contributed by atoms with Crippen molar-refractivity contribution in [2.75, 3.05) is 5.32 Å². The Kier molecular flexibility index (Phi) is 4.87. The molecule has 1 aromatic heterocycles. The Hall–Kier alpha value is -1.60. The number of aromatic nitrogens is 2. The fourth-order valence-electron chi connectivity index (χ4n) is 2.55. The standard InChI is InChI=1S/C16H19N3O2S2/c1-4-11-7-5-6-9(2)13(11)17-15-18-19-16(23-15)22-12-8-10(3)21-14(12)20/h5-7,10,12H,4,8H2,1-3H3,(H,17,18). The number of thioether (sulfide) groups is 1. The highest BCUT2D eigenvalue weighted by molar-refractivity contribution is 8.02. The van der Waals surface area contributed by atoms with E-state index in [4.69, 9.17) is 4.74 Å². The molecule has 0 bridgehead atoms. The first-order chi connectivity index (χ1) is 11.1. The minimum atomic E-state index is -0.171. The number of aryl methyl sites for hydroxylation is 2. The van der Waals surface area contributed by atoms with Gasteiger partial charge in [0, 0.05) is 12.1 Å². The summed E-state index contributed by atoms with van der Waals surface area (Å²) in [4.78, 5) is 11.7. The Bertz CT molecular complexity index is 717. The number of anilines is 2. The number of benzene rings is 1. The van der Waals surface area contributed by atoms with Crippen LogP contribution in [0.1, 0.15) is 31.4 Å². The van der Waals surface area contributed by atoms with Crippen LogP contribution >= 0.6 is 23.1 Å². The van der Waals surface area contributed by atoms with Crippen LogP contribution in [0.2, 0.25) is 0 Å². The SMILES string of the molecule is CCc1cccc(C)c1Nc1nnc(SC2CC(C)OC2=O)s1. The maximum atomic E-state index is 11.7. The van der Waals surface area contributed by atoms with Crippen molar-refractivity contribution in [2.24, 2.45) is 0 Å². The summed E-state index contributed by atoms with van der Waals surface area (Å²) in [5.74, 6) is -0.153. The van der Waals surface area contributed by atoms with Crippen LogP contribution < -0.4 is 5.32 Å². The molecular weight excluding hydrogens is 330 g/mol. The van der Waals surface area contributed by atoms with Crippen molar-refractivity contribution in [3.05, 3.63) is 29.3 Å². The molecule has 0 radical (unpaired) electrons. The molecule has 1 N–H and O–H groups in total. The number of hydrogen-bond donors (Lipinski definition) is 1. The summed E-state index contributed by atoms with van der Waals surface area (Å²) < 4.78 is 5.96. The first-order valence-corrected chi connectivity index (χ1v) is 9.32. The number of para-hydroxylation sites is 1. The van der Waals surface area contributed by atoms with Gasteiger partial charge < -0.3 is 10.1 Å². The maximum Gasteiger partial charge on any atom is 0.319 e. The lowest BCUT2D eigenvalue weighted by atomic mass is 10.1. The summed E-state index contributed by atoms with van der Waals surface area (Å²) >= 11 is 2.91. The summed E-state index contributed by atoms with van der Waals surface area (Å²) in [5, 5.41) is 12.3. The van der Waals surface area contributed by atoms with Crippen LogP contribution in [0.3, 0.4) is 0 Å². The number of ether oxygens (including phenoxy) is 1. The number of carbonyl (C=O) groups is 1. The number of carbonyl (C=O) groups excluding carboxylic acids is 1. The van der Waals surface area contributed by atoms with E-state index in [0.717, 1.165) is 28.0 Å². The zero-order valence-corrected chi connectivity index (χ0v) is 15.0. The highest BCUT2D eigenvalue weighted by atomic mass is 32.2. The molecule has 7 heteroatoms. The van der Waals surface area contributed by atoms with Gasteiger partial charge in [0.15, 0.2) is 4.34 Å². The van der Waals surface area contributed by atoms with E-state index >= 15 is 0 Å². The van der Waals surface area contributed by atoms with Gasteiger partial charge in [0.1, 0.15) is 11.4 Å². The lowest BCUT2D eigenvalue weighted by molar-refractivity contribution is -0.140. The van der Waals surface area contributed by atoms with Crippen molar-refractivity contribution in [3.63, 3.8) is 0 Å². The van der Waals surface area contributed by atoms with E-state index in [0.29, 0.717) is 0 Å². The Labute approximate surface area is 143 Å². The van der Waals surface area contributed by atoms with Crippen LogP contribution in [-0.4, -0.2) is 27.5 Å². The molecule has 2 aromatic rings. The van der Waals surface area contributed by atoms with E-state index in [1.165, 1.54) is 34.2 Å². The third kappa shape index (κ3) is 3.67. The molecule has 1 aliphatic heterocycles. The second kappa shape index (κ2) is 6.88. The lowest BCUT2D eigenvalue weighted by Gasteiger charge is -2.11. The Morgan fingerprint density at radius 1 is 1.43 bits per heavy atom. The predicted octanol–water partition coefficient (Wildman–Crippen LogP) is 3.95. The molecule has 1 aromatic carbocycles. The second-order valence-corrected chi connectivity index (χ2v) is 7.98. The van der Waals surface area contributed by atoms with Gasteiger partial charge in [-0.05, 0) is 31.4 Å². The van der Waals surface area contributed by atoms with Crippen LogP contribution in [0.15, 0.2) is 22.5 Å². The number of cyclic esters (lactones) is 1. The Morgan fingerprint density at radius 3 is 2.96 bits per heavy atom. The van der Waals surface area contributed by atoms with Crippen molar-refractivity contribution >= 4 is 39.9 Å². The van der Waals surface area contributed by atoms with Crippen molar-refractivity contribution in [1.82, 2.24) is 10.2 Å². The largest absolute Gasteiger partial charge is 0.462 e. The summed E-state index contributed by atoms with van der Waals surface area (Å²) in [5.41, 5.74) is 3.53. The van der Waals surface area contributed by atoms with Crippen LogP contribution in [0.4, 0.5) is 10.8 Å². The van der Waals surface area contributed by atoms with Gasteiger partial charge in [-0.1, -0.05) is 48.2 Å². The molecule has 1 fully saturated rings. The zero-order chi connectivity index (χ0) is 16.4. The van der Waals surface area contributed by atoms with Crippen molar-refractivity contribution < 1.29 is 9.53 Å². The number of nitrogens with zero attached hydrogens (tertiary/aromatic N) is 2. The molecular formula is C16H19N3O2S2. The first kappa shape index (κ1) is 16.3. The molecule has 5 nitrogen and oxygen atoms in total. The Morgan fingerprint density at radius 2 is 2.26 bits per heavy atom. The summed E-state index contributed by atoms with van der Waals surface area (Å²) in [7, 11) is 0. The maximum absolute atomic E-state index is 11.7. The summed E-state index contributed by atoms with van der Waals surface area (Å²) in [6, 6.07) is 6.25. The van der Waals surface area contributed by atoms with E-state index in [1.54, 1.807) is 0 Å². The quantitative estimate of drug-likeness (QED) is 0.825. The molecule has 1 aliphatic rings. The van der Waals surface area contributed by atoms with E-state index in [1.807, 2.05) is 6.92 Å². The van der Waals surface area contributed by atoms with Gasteiger partial charge in [-0.3, -0.25) is 4.79 Å². The van der Waals surface area contributed by atoms with Crippen LogP contribution in [0, 0.1) is 6.92 Å². The first-order valence-electron chi connectivity index (χ1n) is 7.63. The normalized spacial score (nSPS) is 20.6. The second-order valence-electron chi connectivity index (χ2n) is 5.55. The predicted molar refractivity (Wildman–Crippen MR) is 93.6 cm³/mol. The smallest absolute Gasteiger partial charge is 0.319 e. The van der Waals surface area contributed by atoms with Crippen LogP contribution in [-0.2, 0) is 16.0 Å². The van der Waals surface area contributed by atoms with Gasteiger partial charge in [-0.2, -0.15) is 0 Å². The average Bonchev–Trinajstić information content (AvgIpc) is 3.08. The van der Waals surface area contributed by atoms with E-state index < -0.39 is 0 Å². The molecule has 2 atom stereocenters. The number of esters is 1. The van der Waals surface area contributed by atoms with Gasteiger partial charge in [0.05, 0.1) is 0 Å². The molecule has 0 aliphatic carbocycles. The molecule has 1 saturated heterocycles. The summed E-state index contributed by atoms with van der Waals surface area (Å²) in [6.07, 6.45) is 1.67. The van der Waals surface area contributed by atoms with E-state index in [9.17, 15) is 4.79 Å². The van der Waals surface area contributed by atoms with Crippen molar-refractivity contribution in [1.29, 1.82) is 0 Å². The van der Waals surface area contributed by atoms with Crippen molar-refractivity contribution in [3.8, 4) is 0 Å². The molecule has 2 unspecified atom stereocenters. The molecule has 2 heterocycles. The number of nitrogens with one attached hydrogen (secondary N) is 1. The molecule has 122 valence electrons. The highest BCUT2D eigenvalue weighted by Gasteiger charge is 2.33. The molecule has 0 spiro atoms. The highest BCUT2D eigenvalue weighted by Crippen LogP contribution is 2.36. The topological polar surface area (TPSA) is 64.1 Å². The van der Waals surface area contributed by atoms with Gasteiger partial charge in [0.2, 0.25) is 5.13 Å². The fourth-order valence-corrected chi connectivity index (χ4v) is 4.66. The third-order valence-corrected chi connectivity index (χ3v) is 5.87. The van der Waals surface area contributed by atoms with Gasteiger partial charge in [0.25, 0.3) is 0 Å². The average molecular weight is 349 g/mol. The zero-order valence-electron chi connectivity index (χ0n) is 13.3. The minimum absolute atomic E-state index is 0.00963. The van der Waals surface area contributed by atoms with Crippen LogP contribution in [0.5, 0.6) is 0 Å². The van der Waals surface area contributed by atoms with E-state index in [2.05, 4.69) is 47.6 Å². The van der Waals surface area contributed by atoms with Gasteiger partial charge in [-0.25, -0.2) is 0 Å². The molecule has 0 amide bonds. The van der Waals surface area contributed by atoms with Gasteiger partial charge >= 0.3 is 5.97 Å². The van der Waals surface area contributed by atoms with Crippen LogP contribution in [0.25, 0.3) is 0 Å². The number of rotatable bonds is 5. The minimum Gasteiger partial charge on any atom is -0.462 e. The van der Waals surface area contributed by atoms with Crippen molar-refractivity contribution in [2.45, 2.75) is 49.3 Å². The molecule has 0 saturated carbocycles. The molecule has 3 rings (SSSR count). The van der Waals surface area contributed by atoms with Gasteiger partial charge in [-0.15, -0.1) is 10.2 Å².